The topological polar surface area (TPSA) is 420 Å². The van der Waals surface area contributed by atoms with Gasteiger partial charge in [0, 0.05) is 19.4 Å². The number of aliphatic hydroxyl groups is 10. The molecule has 11 N–H and O–H groups in total. The predicted octanol–water partition coefficient (Wildman–Crippen LogP) is -0.837. The van der Waals surface area contributed by atoms with Gasteiger partial charge in [-0.05, 0) is 93.8 Å². The van der Waals surface area contributed by atoms with Crippen LogP contribution in [-0.2, 0) is 85.8 Å². The number of cyclic esters (lactones) is 1. The third-order valence-corrected chi connectivity index (χ3v) is 22.6. The molecule has 10 rings (SSSR count). The molecule has 0 amide bonds. The van der Waals surface area contributed by atoms with Gasteiger partial charge in [-0.15, -0.1) is 0 Å². The number of carbonyl (C=O) groups excluding carboxylic acids is 2. The van der Waals surface area contributed by atoms with Gasteiger partial charge in [0.05, 0.1) is 50.0 Å². The summed E-state index contributed by atoms with van der Waals surface area (Å²) in [4.78, 5) is 27.6. The maximum atomic E-state index is 14.8. The van der Waals surface area contributed by atoms with E-state index in [0.29, 0.717) is 50.9 Å². The van der Waals surface area contributed by atoms with E-state index in [0.717, 1.165) is 12.8 Å². The summed E-state index contributed by atoms with van der Waals surface area (Å²) in [6, 6.07) is 0. The van der Waals surface area contributed by atoms with Crippen LogP contribution in [0.3, 0.4) is 0 Å². The van der Waals surface area contributed by atoms with Gasteiger partial charge in [0.1, 0.15) is 109 Å². The van der Waals surface area contributed by atoms with E-state index >= 15 is 0 Å². The maximum Gasteiger partial charge on any atom is 0.397 e. The van der Waals surface area contributed by atoms with Gasteiger partial charge < -0.3 is 113 Å². The van der Waals surface area contributed by atoms with Crippen molar-refractivity contribution in [1.82, 2.24) is 0 Å². The van der Waals surface area contributed by atoms with Crippen molar-refractivity contribution in [2.45, 2.75) is 273 Å². The van der Waals surface area contributed by atoms with Crippen LogP contribution < -0.4 is 0 Å². The van der Waals surface area contributed by atoms with Gasteiger partial charge in [-0.25, -0.2) is 4.18 Å². The van der Waals surface area contributed by atoms with Crippen LogP contribution in [0.5, 0.6) is 0 Å². The van der Waals surface area contributed by atoms with Gasteiger partial charge >= 0.3 is 22.3 Å². The molecule has 31 atom stereocenters. The van der Waals surface area contributed by atoms with Gasteiger partial charge in [0.25, 0.3) is 0 Å². The third kappa shape index (κ3) is 12.6. The maximum absolute atomic E-state index is 14.8. The highest BCUT2D eigenvalue weighted by Gasteiger charge is 2.79. The van der Waals surface area contributed by atoms with Crippen molar-refractivity contribution in [1.29, 1.82) is 0 Å². The molecule has 0 bridgehead atoms. The summed E-state index contributed by atoms with van der Waals surface area (Å²) in [7, 11) is -4.06. The lowest BCUT2D eigenvalue weighted by Gasteiger charge is -2.64. The van der Waals surface area contributed by atoms with Crippen molar-refractivity contribution in [3.8, 4) is 0 Å². The average Bonchev–Trinajstić information content (AvgIpc) is 1.46. The van der Waals surface area contributed by atoms with Crippen LogP contribution in [0.4, 0.5) is 0 Å². The first-order valence-corrected chi connectivity index (χ1v) is 33.0. The Hall–Kier alpha value is -2.29. The van der Waals surface area contributed by atoms with Crippen molar-refractivity contribution in [3.05, 3.63) is 11.6 Å². The van der Waals surface area contributed by atoms with Crippen molar-refractivity contribution in [3.63, 3.8) is 0 Å². The normalized spacial score (nSPS) is 50.3. The summed E-state index contributed by atoms with van der Waals surface area (Å²) in [6.07, 6.45) is -30.9. The zero-order chi connectivity index (χ0) is 65.7. The van der Waals surface area contributed by atoms with Crippen molar-refractivity contribution in [2.24, 2.45) is 45.3 Å². The Morgan fingerprint density at radius 1 is 0.700 bits per heavy atom. The van der Waals surface area contributed by atoms with E-state index in [1.165, 1.54) is 26.5 Å². The number of rotatable bonds is 19. The molecule has 0 radical (unpaired) electrons. The van der Waals surface area contributed by atoms with Crippen molar-refractivity contribution < 1.29 is 139 Å². The second kappa shape index (κ2) is 26.6. The highest BCUT2D eigenvalue weighted by Crippen LogP contribution is 2.77. The van der Waals surface area contributed by atoms with E-state index in [1.54, 1.807) is 0 Å². The number of hydrogen-bond donors (Lipinski definition) is 11. The van der Waals surface area contributed by atoms with Crippen LogP contribution in [0, 0.1) is 45.3 Å². The smallest absolute Gasteiger partial charge is 0.397 e. The van der Waals surface area contributed by atoms with E-state index in [1.807, 2.05) is 6.92 Å². The Kier molecular flexibility index (Phi) is 20.8. The van der Waals surface area contributed by atoms with E-state index in [4.69, 9.17) is 65.8 Å². The number of esters is 2. The van der Waals surface area contributed by atoms with Crippen LogP contribution in [-0.4, -0.2) is 263 Å². The molecule has 10 aliphatic rings. The molecule has 0 aromatic carbocycles. The predicted molar refractivity (Wildman–Crippen MR) is 302 cm³/mol. The van der Waals surface area contributed by atoms with Crippen LogP contribution in [0.15, 0.2) is 11.6 Å². The molecule has 9 fully saturated rings. The van der Waals surface area contributed by atoms with Crippen molar-refractivity contribution >= 4 is 22.3 Å². The summed E-state index contributed by atoms with van der Waals surface area (Å²) in [5.74, 6) is -0.620. The number of carbonyl (C=O) groups is 2. The number of methoxy groups -OCH3 is 1. The Balaban J connectivity index is 0.904. The third-order valence-electron chi connectivity index (χ3n) is 22.1. The van der Waals surface area contributed by atoms with Crippen molar-refractivity contribution in [2.75, 3.05) is 33.5 Å². The number of aliphatic hydroxyl groups excluding tert-OH is 10. The van der Waals surface area contributed by atoms with E-state index < -0.39 is 212 Å². The second-order valence-electron chi connectivity index (χ2n) is 28.4. The molecule has 90 heavy (non-hydrogen) atoms. The standard InChI is InChI=1S/C60H96O29S/c1-25(2)12-11-17-59(9)49-32(81-27(4)62)20-58(8)29-13-14-35-56(5,6)36(16-18-57(35,7)28(29)15-19-60(49,58)55(72)88-59)83-53-47(39(67)34(24-79-53)89-90(73,74)75)87-54-48(86-50-40(68)37(65)30(63)22-77-50)41(69)44(26(3)80-54)84-51-42(70)45(31(64)23-78-51)85-52-43(71)46(76-10)38(66)33(21-61)82-52/h13,25-26,28,30-54,61,63-71H,11-12,14-24H2,1-10H3,(H,73,74,75)/t26?,28?,30?,31?,32?,33?,34?,35?,36?,37?,38?,39?,40?,41?,42?,43?,44?,45?,46?,47?,48?,49?,50?,51?,52?,53?,54?,57?,58-,59-,60?/m0/s1. The average molecular weight is 1310 g/mol. The summed E-state index contributed by atoms with van der Waals surface area (Å²) in [5, 5.41) is 111. The first kappa shape index (κ1) is 70.5. The Morgan fingerprint density at radius 3 is 1.98 bits per heavy atom. The van der Waals surface area contributed by atoms with Gasteiger partial charge in [-0.2, -0.15) is 8.42 Å². The highest BCUT2D eigenvalue weighted by atomic mass is 32.3. The highest BCUT2D eigenvalue weighted by molar-refractivity contribution is 7.80. The quantitative estimate of drug-likeness (QED) is 0.0427. The second-order valence-corrected chi connectivity index (χ2v) is 29.5. The molecule has 1 spiro atoms. The molecule has 3 saturated carbocycles. The minimum Gasteiger partial charge on any atom is -0.462 e. The Bertz CT molecular complexity index is 2670. The molecule has 29 nitrogen and oxygen atoms in total. The fourth-order valence-electron chi connectivity index (χ4n) is 17.7. The molecular formula is C60H96O29S. The minimum absolute atomic E-state index is 0.00396. The molecule has 6 saturated heterocycles. The molecule has 30 heteroatoms. The van der Waals surface area contributed by atoms with Gasteiger partial charge in [0.2, 0.25) is 0 Å². The Morgan fingerprint density at radius 2 is 1.32 bits per heavy atom. The first-order valence-electron chi connectivity index (χ1n) is 31.6. The SMILES string of the molecule is COC1C(O)C(CO)OC(OC2C(O)COC(OC3C(C)OC(OC4C(OC5CCC6(C)C7CCC89C(=O)O[C@@](C)(CCCC(C)C)C8C(OC(C)=O)C[C@@]9(C)C7=CCC6C5(C)C)OCC(OS(=O)(=O)O)C4O)C(OC4OCC(O)C(O)C4O)C3O)C2O)C1O. The molecule has 6 aliphatic heterocycles. The molecule has 516 valence electrons. The molecule has 0 aromatic heterocycles. The summed E-state index contributed by atoms with van der Waals surface area (Å²) >= 11 is 0. The van der Waals surface area contributed by atoms with Crippen LogP contribution >= 0.6 is 0 Å². The first-order chi connectivity index (χ1) is 42.2. The number of allylic oxidation sites excluding steroid dienone is 2. The summed E-state index contributed by atoms with van der Waals surface area (Å²) in [5.41, 5.74) is -2.36. The van der Waals surface area contributed by atoms with E-state index in [2.05, 4.69) is 47.6 Å². The fraction of sp³-hybridized carbons (Fsp3) is 0.933. The number of ether oxygens (including phenoxy) is 13. The zero-order valence-electron chi connectivity index (χ0n) is 52.6. The zero-order valence-corrected chi connectivity index (χ0v) is 53.4. The van der Waals surface area contributed by atoms with Crippen LogP contribution in [0.25, 0.3) is 0 Å². The van der Waals surface area contributed by atoms with Crippen LogP contribution in [0.1, 0.15) is 120 Å². The van der Waals surface area contributed by atoms with E-state index in [9.17, 15) is 73.6 Å². The Labute approximate surface area is 523 Å². The van der Waals surface area contributed by atoms with Crippen LogP contribution in [0.2, 0.25) is 0 Å². The molecular weight excluding hydrogens is 1220 g/mol. The molecule has 0 aromatic rings. The minimum atomic E-state index is -5.26. The lowest BCUT2D eigenvalue weighted by Crippen LogP contribution is -2.67. The fourth-order valence-corrected chi connectivity index (χ4v) is 18.2. The summed E-state index contributed by atoms with van der Waals surface area (Å²) in [6.45, 7) is 15.2. The largest absolute Gasteiger partial charge is 0.462 e. The number of fused-ring (bicyclic) bond motifs is 4. The molecule has 4 aliphatic carbocycles. The van der Waals surface area contributed by atoms with Gasteiger partial charge in [-0.1, -0.05) is 59.6 Å². The summed E-state index contributed by atoms with van der Waals surface area (Å²) < 4.78 is 118. The molecule has 6 heterocycles. The monoisotopic (exact) mass is 1310 g/mol. The lowest BCUT2D eigenvalue weighted by molar-refractivity contribution is -0.399. The van der Waals surface area contributed by atoms with Gasteiger partial charge in [0.15, 0.2) is 31.5 Å². The molecule has 29 unspecified atom stereocenters. The van der Waals surface area contributed by atoms with Gasteiger partial charge in [-0.3, -0.25) is 14.1 Å². The number of hydrogen-bond acceptors (Lipinski definition) is 28. The van der Waals surface area contributed by atoms with E-state index in [-0.39, 0.29) is 29.1 Å². The lowest BCUT2D eigenvalue weighted by atomic mass is 9.41.